The van der Waals surface area contributed by atoms with Gasteiger partial charge in [-0.3, -0.25) is 9.59 Å². The summed E-state index contributed by atoms with van der Waals surface area (Å²) in [5.74, 6) is -1.28. The number of hydrogen-bond donors (Lipinski definition) is 2. The van der Waals surface area contributed by atoms with E-state index in [1.54, 1.807) is 36.4 Å². The number of nitrogens with one attached hydrogen (secondary N) is 2. The largest absolute Gasteiger partial charge is 0.452 e. The van der Waals surface area contributed by atoms with Gasteiger partial charge in [-0.25, -0.2) is 9.78 Å². The van der Waals surface area contributed by atoms with Crippen LogP contribution in [0.2, 0.25) is 0 Å². The molecule has 0 spiro atoms. The van der Waals surface area contributed by atoms with Crippen molar-refractivity contribution in [1.29, 1.82) is 0 Å². The Kier molecular flexibility index (Phi) is 6.98. The quantitative estimate of drug-likeness (QED) is 0.333. The van der Waals surface area contributed by atoms with Crippen molar-refractivity contribution in [3.8, 4) is 11.3 Å². The van der Waals surface area contributed by atoms with E-state index in [1.165, 1.54) is 6.92 Å². The maximum Gasteiger partial charge on any atom is 0.339 e. The molecule has 2 N–H and O–H groups in total. The van der Waals surface area contributed by atoms with E-state index in [-0.39, 0.29) is 5.91 Å². The lowest BCUT2D eigenvalue weighted by Gasteiger charge is -2.11. The number of pyridine rings is 1. The van der Waals surface area contributed by atoms with Crippen LogP contribution in [0.15, 0.2) is 83.3 Å². The number of para-hydroxylation sites is 1. The van der Waals surface area contributed by atoms with E-state index in [0.29, 0.717) is 33.5 Å². The Balaban J connectivity index is 1.48. The van der Waals surface area contributed by atoms with Crippen LogP contribution in [0.25, 0.3) is 22.2 Å². The van der Waals surface area contributed by atoms with Crippen molar-refractivity contribution >= 4 is 56.0 Å². The third-order valence-corrected chi connectivity index (χ3v) is 5.43. The lowest BCUT2D eigenvalue weighted by molar-refractivity contribution is -0.119. The minimum Gasteiger partial charge on any atom is -0.452 e. The lowest BCUT2D eigenvalue weighted by atomic mass is 10.0. The van der Waals surface area contributed by atoms with Crippen molar-refractivity contribution in [3.63, 3.8) is 0 Å². The van der Waals surface area contributed by atoms with Crippen molar-refractivity contribution in [2.45, 2.75) is 6.92 Å². The summed E-state index contributed by atoms with van der Waals surface area (Å²) in [5.41, 5.74) is 3.59. The number of anilines is 2. The third kappa shape index (κ3) is 5.65. The molecule has 7 nitrogen and oxygen atoms in total. The molecule has 2 amide bonds. The van der Waals surface area contributed by atoms with Gasteiger partial charge in [-0.1, -0.05) is 46.3 Å². The summed E-state index contributed by atoms with van der Waals surface area (Å²) in [5, 5.41) is 5.95. The van der Waals surface area contributed by atoms with Gasteiger partial charge >= 0.3 is 5.97 Å². The highest BCUT2D eigenvalue weighted by atomic mass is 79.9. The molecule has 0 saturated carbocycles. The van der Waals surface area contributed by atoms with Crippen LogP contribution in [0.4, 0.5) is 11.4 Å². The highest BCUT2D eigenvalue weighted by molar-refractivity contribution is 9.10. The van der Waals surface area contributed by atoms with Gasteiger partial charge in [0.15, 0.2) is 6.61 Å². The normalized spacial score (nSPS) is 10.5. The summed E-state index contributed by atoms with van der Waals surface area (Å²) in [7, 11) is 0. The van der Waals surface area contributed by atoms with E-state index >= 15 is 0 Å². The Bertz CT molecular complexity index is 1370. The summed E-state index contributed by atoms with van der Waals surface area (Å²) in [6, 6.07) is 23.2. The van der Waals surface area contributed by atoms with Gasteiger partial charge in [0.2, 0.25) is 5.91 Å². The first-order valence-electron chi connectivity index (χ1n) is 10.4. The molecule has 0 radical (unpaired) electrons. The monoisotopic (exact) mass is 517 g/mol. The predicted molar refractivity (Wildman–Crippen MR) is 135 cm³/mol. The van der Waals surface area contributed by atoms with E-state index in [0.717, 1.165) is 10.0 Å². The lowest BCUT2D eigenvalue weighted by Crippen LogP contribution is -2.21. The van der Waals surface area contributed by atoms with Gasteiger partial charge in [-0.15, -0.1) is 0 Å². The van der Waals surface area contributed by atoms with Crippen molar-refractivity contribution < 1.29 is 19.1 Å². The van der Waals surface area contributed by atoms with Crippen molar-refractivity contribution in [1.82, 2.24) is 4.98 Å². The molecule has 0 aliphatic rings. The number of rotatable bonds is 6. The number of benzene rings is 3. The second-order valence-corrected chi connectivity index (χ2v) is 8.38. The Morgan fingerprint density at radius 1 is 0.882 bits per heavy atom. The second-order valence-electron chi connectivity index (χ2n) is 7.46. The third-order valence-electron chi connectivity index (χ3n) is 4.90. The SMILES string of the molecule is CC(=O)Nc1ccc(NC(=O)COC(=O)c2cc(-c3ccc(Br)cc3)nc3ccccc23)cc1. The molecular weight excluding hydrogens is 498 g/mol. The Labute approximate surface area is 204 Å². The molecule has 0 fully saturated rings. The maximum atomic E-state index is 12.9. The van der Waals surface area contributed by atoms with Crippen LogP contribution in [-0.4, -0.2) is 29.4 Å². The van der Waals surface area contributed by atoms with Crippen LogP contribution < -0.4 is 10.6 Å². The van der Waals surface area contributed by atoms with E-state index in [9.17, 15) is 14.4 Å². The average molecular weight is 518 g/mol. The number of fused-ring (bicyclic) bond motifs is 1. The van der Waals surface area contributed by atoms with Gasteiger partial charge in [0.1, 0.15) is 0 Å². The minimum absolute atomic E-state index is 0.185. The molecule has 0 bridgehead atoms. The first-order valence-corrected chi connectivity index (χ1v) is 11.2. The van der Waals surface area contributed by atoms with Crippen LogP contribution >= 0.6 is 15.9 Å². The number of ether oxygens (including phenoxy) is 1. The first-order chi connectivity index (χ1) is 16.4. The number of hydrogen-bond acceptors (Lipinski definition) is 5. The van der Waals surface area contributed by atoms with Crippen molar-refractivity contribution in [3.05, 3.63) is 88.9 Å². The zero-order chi connectivity index (χ0) is 24.1. The molecule has 0 unspecified atom stereocenters. The number of esters is 1. The Morgan fingerprint density at radius 2 is 1.53 bits per heavy atom. The second kappa shape index (κ2) is 10.3. The number of halogens is 1. The van der Waals surface area contributed by atoms with Crippen LogP contribution in [0.1, 0.15) is 17.3 Å². The smallest absolute Gasteiger partial charge is 0.339 e. The summed E-state index contributed by atoms with van der Waals surface area (Å²) >= 11 is 3.42. The van der Waals surface area contributed by atoms with E-state index in [1.807, 2.05) is 42.5 Å². The molecule has 4 rings (SSSR count). The van der Waals surface area contributed by atoms with Crippen molar-refractivity contribution in [2.75, 3.05) is 17.2 Å². The first kappa shape index (κ1) is 23.1. The predicted octanol–water partition coefficient (Wildman–Crippen LogP) is 5.42. The number of nitrogens with zero attached hydrogens (tertiary/aromatic N) is 1. The molecular formula is C26H20BrN3O4. The number of carbonyl (C=O) groups excluding carboxylic acids is 3. The molecule has 3 aromatic carbocycles. The standard InChI is InChI=1S/C26H20BrN3O4/c1-16(31)28-19-10-12-20(13-11-19)29-25(32)15-34-26(33)22-14-24(17-6-8-18(27)9-7-17)30-23-5-3-2-4-21(22)23/h2-14H,15H2,1H3,(H,28,31)(H,29,32). The molecule has 34 heavy (non-hydrogen) atoms. The minimum atomic E-state index is -0.617. The van der Waals surface area contributed by atoms with Crippen LogP contribution in [0.5, 0.6) is 0 Å². The molecule has 4 aromatic rings. The molecule has 8 heteroatoms. The molecule has 170 valence electrons. The van der Waals surface area contributed by atoms with Gasteiger partial charge in [0.25, 0.3) is 5.91 Å². The van der Waals surface area contributed by atoms with Gasteiger partial charge in [-0.05, 0) is 48.5 Å². The zero-order valence-corrected chi connectivity index (χ0v) is 19.8. The fraction of sp³-hybridized carbons (Fsp3) is 0.0769. The molecule has 0 saturated heterocycles. The van der Waals surface area contributed by atoms with Crippen LogP contribution in [0, 0.1) is 0 Å². The number of amides is 2. The topological polar surface area (TPSA) is 97.4 Å². The maximum absolute atomic E-state index is 12.9. The van der Waals surface area contributed by atoms with E-state index in [2.05, 4.69) is 31.5 Å². The average Bonchev–Trinajstić information content (AvgIpc) is 2.83. The van der Waals surface area contributed by atoms with Gasteiger partial charge in [0.05, 0.1) is 16.8 Å². The van der Waals surface area contributed by atoms with Gasteiger partial charge < -0.3 is 15.4 Å². The Morgan fingerprint density at radius 3 is 2.21 bits per heavy atom. The fourth-order valence-corrected chi connectivity index (χ4v) is 3.62. The zero-order valence-electron chi connectivity index (χ0n) is 18.2. The summed E-state index contributed by atoms with van der Waals surface area (Å²) in [6.07, 6.45) is 0. The van der Waals surface area contributed by atoms with E-state index in [4.69, 9.17) is 4.74 Å². The van der Waals surface area contributed by atoms with Crippen molar-refractivity contribution in [2.24, 2.45) is 0 Å². The summed E-state index contributed by atoms with van der Waals surface area (Å²) in [4.78, 5) is 41.0. The molecule has 0 atom stereocenters. The highest BCUT2D eigenvalue weighted by Gasteiger charge is 2.17. The van der Waals surface area contributed by atoms with Crippen LogP contribution in [-0.2, 0) is 14.3 Å². The molecule has 1 aromatic heterocycles. The molecule has 0 aliphatic heterocycles. The van der Waals surface area contributed by atoms with E-state index < -0.39 is 18.5 Å². The van der Waals surface area contributed by atoms with Gasteiger partial charge in [0, 0.05) is 33.7 Å². The molecule has 0 aliphatic carbocycles. The fourth-order valence-electron chi connectivity index (χ4n) is 3.36. The highest BCUT2D eigenvalue weighted by Crippen LogP contribution is 2.26. The number of aromatic nitrogens is 1. The number of carbonyl (C=O) groups is 3. The molecule has 1 heterocycles. The van der Waals surface area contributed by atoms with Gasteiger partial charge in [-0.2, -0.15) is 0 Å². The summed E-state index contributed by atoms with van der Waals surface area (Å²) in [6.45, 7) is 0.967. The Hall–Kier alpha value is -4.04. The summed E-state index contributed by atoms with van der Waals surface area (Å²) < 4.78 is 6.25. The van der Waals surface area contributed by atoms with Crippen LogP contribution in [0.3, 0.4) is 0 Å².